The highest BCUT2D eigenvalue weighted by molar-refractivity contribution is 6.32. The molecule has 1 aliphatic heterocycles. The Hall–Kier alpha value is -4.05. The number of ketones is 1. The summed E-state index contributed by atoms with van der Waals surface area (Å²) in [6.45, 7) is -1.09. The molecule has 0 aromatic heterocycles. The number of hydrogen-bond acceptors (Lipinski definition) is 8. The van der Waals surface area contributed by atoms with E-state index in [9.17, 15) is 29.3 Å². The van der Waals surface area contributed by atoms with E-state index >= 15 is 0 Å². The maximum Gasteiger partial charge on any atom is 0.326 e. The summed E-state index contributed by atoms with van der Waals surface area (Å²) in [7, 11) is 0. The standard InChI is InChI=1S/C27H21ClN2O8/c28-19-2-1-3-20(30(35)36)25(19)38-14-6-4-13(5-7-14)21(31)12-37-22(32)11-29-26(33)23-15-8-9-16(18-10-17(15)18)24(23)27(29)34/h1-9,15-18,23-24H,10-12H2/t15-,16-,17-,18+,23-,24+/m1/s1. The van der Waals surface area contributed by atoms with Gasteiger partial charge in [0.15, 0.2) is 12.4 Å². The van der Waals surface area contributed by atoms with Crippen LogP contribution >= 0.6 is 11.6 Å². The second kappa shape index (κ2) is 9.05. The molecule has 3 fully saturated rings. The van der Waals surface area contributed by atoms with Crippen molar-refractivity contribution in [1.82, 2.24) is 4.90 Å². The van der Waals surface area contributed by atoms with Gasteiger partial charge < -0.3 is 9.47 Å². The fourth-order valence-electron chi connectivity index (χ4n) is 6.15. The molecule has 4 aliphatic carbocycles. The zero-order valence-corrected chi connectivity index (χ0v) is 20.6. The van der Waals surface area contributed by atoms with Crippen LogP contribution in [0.2, 0.25) is 5.02 Å². The number of nitro groups is 1. The SMILES string of the molecule is O=C(CN1C(=O)[C@@H]2[C@@H]3C=C[C@H]([C@@H]4C[C@H]34)[C@@H]2C1=O)OCC(=O)c1ccc(Oc2c(Cl)cccc2[N+](=O)[O-])cc1. The van der Waals surface area contributed by atoms with Crippen LogP contribution in [-0.4, -0.2) is 46.5 Å². The summed E-state index contributed by atoms with van der Waals surface area (Å²) in [5.74, 6) is -1.68. The molecule has 2 saturated carbocycles. The number of amides is 2. The van der Waals surface area contributed by atoms with Crippen LogP contribution in [-0.2, 0) is 19.1 Å². The molecule has 194 valence electrons. The Morgan fingerprint density at radius 1 is 1.00 bits per heavy atom. The van der Waals surface area contributed by atoms with Crippen molar-refractivity contribution in [2.45, 2.75) is 6.42 Å². The summed E-state index contributed by atoms with van der Waals surface area (Å²) in [6, 6.07) is 9.84. The van der Waals surface area contributed by atoms with Crippen LogP contribution in [0.5, 0.6) is 11.5 Å². The van der Waals surface area contributed by atoms with Crippen molar-refractivity contribution < 1.29 is 33.6 Å². The number of para-hydroxylation sites is 1. The van der Waals surface area contributed by atoms with Gasteiger partial charge in [-0.1, -0.05) is 29.8 Å². The molecule has 10 nitrogen and oxygen atoms in total. The second-order valence-electron chi connectivity index (χ2n) is 9.97. The van der Waals surface area contributed by atoms with E-state index < -0.39 is 41.7 Å². The number of esters is 1. The number of Topliss-reactive ketones (excluding diaryl/α,β-unsaturated/α-hetero) is 1. The molecule has 7 rings (SSSR count). The number of likely N-dealkylation sites (tertiary alicyclic amines) is 1. The molecule has 2 aromatic carbocycles. The van der Waals surface area contributed by atoms with Crippen molar-refractivity contribution in [2.24, 2.45) is 35.5 Å². The van der Waals surface area contributed by atoms with E-state index in [1.807, 2.05) is 0 Å². The zero-order chi connectivity index (χ0) is 26.7. The lowest BCUT2D eigenvalue weighted by atomic mass is 9.63. The monoisotopic (exact) mass is 536 g/mol. The van der Waals surface area contributed by atoms with Crippen molar-refractivity contribution in [3.8, 4) is 11.5 Å². The minimum absolute atomic E-state index is 0.0567. The van der Waals surface area contributed by atoms with Crippen molar-refractivity contribution in [3.05, 3.63) is 75.3 Å². The average Bonchev–Trinajstić information content (AvgIpc) is 3.69. The van der Waals surface area contributed by atoms with Crippen LogP contribution in [0.15, 0.2) is 54.6 Å². The van der Waals surface area contributed by atoms with Gasteiger partial charge in [-0.3, -0.25) is 34.2 Å². The molecule has 1 saturated heterocycles. The largest absolute Gasteiger partial charge is 0.456 e. The number of rotatable bonds is 8. The normalized spacial score (nSPS) is 28.1. The highest BCUT2D eigenvalue weighted by Gasteiger charge is 2.67. The van der Waals surface area contributed by atoms with Crippen LogP contribution in [0.3, 0.4) is 0 Å². The predicted molar refractivity (Wildman–Crippen MR) is 131 cm³/mol. The number of allylic oxidation sites excluding steroid dienone is 2. The summed E-state index contributed by atoms with van der Waals surface area (Å²) in [4.78, 5) is 62.5. The Balaban J connectivity index is 1.04. The third-order valence-corrected chi connectivity index (χ3v) is 8.24. The van der Waals surface area contributed by atoms with Gasteiger partial charge in [0, 0.05) is 11.6 Å². The molecule has 2 aromatic rings. The number of ether oxygens (including phenoxy) is 2. The fourth-order valence-corrected chi connectivity index (χ4v) is 6.36. The summed E-state index contributed by atoms with van der Waals surface area (Å²) in [5.41, 5.74) is -0.0977. The van der Waals surface area contributed by atoms with E-state index in [1.165, 1.54) is 42.5 Å². The Kier molecular flexibility index (Phi) is 5.79. The van der Waals surface area contributed by atoms with Gasteiger partial charge in [-0.25, -0.2) is 0 Å². The summed E-state index contributed by atoms with van der Waals surface area (Å²) < 4.78 is 10.6. The molecule has 2 amide bonds. The van der Waals surface area contributed by atoms with Gasteiger partial charge in [0.2, 0.25) is 17.6 Å². The second-order valence-corrected chi connectivity index (χ2v) is 10.4. The lowest BCUT2D eigenvalue weighted by Crippen LogP contribution is -2.40. The fraction of sp³-hybridized carbons (Fsp3) is 0.333. The number of imide groups is 1. The predicted octanol–water partition coefficient (Wildman–Crippen LogP) is 3.82. The third-order valence-electron chi connectivity index (χ3n) is 7.94. The van der Waals surface area contributed by atoms with Gasteiger partial charge in [0.05, 0.1) is 21.8 Å². The van der Waals surface area contributed by atoms with Crippen molar-refractivity contribution in [2.75, 3.05) is 13.2 Å². The van der Waals surface area contributed by atoms with E-state index in [2.05, 4.69) is 12.2 Å². The van der Waals surface area contributed by atoms with E-state index in [-0.39, 0.29) is 51.4 Å². The molecule has 38 heavy (non-hydrogen) atoms. The first-order valence-electron chi connectivity index (χ1n) is 12.2. The first kappa shape index (κ1) is 24.3. The van der Waals surface area contributed by atoms with Gasteiger partial charge in [0.25, 0.3) is 0 Å². The topological polar surface area (TPSA) is 133 Å². The third kappa shape index (κ3) is 3.96. The molecule has 5 aliphatic rings. The van der Waals surface area contributed by atoms with Crippen molar-refractivity contribution in [1.29, 1.82) is 0 Å². The highest BCUT2D eigenvalue weighted by Crippen LogP contribution is 2.65. The number of carbonyl (C=O) groups excluding carboxylic acids is 4. The first-order chi connectivity index (χ1) is 18.2. The zero-order valence-electron chi connectivity index (χ0n) is 19.8. The Morgan fingerprint density at radius 3 is 2.24 bits per heavy atom. The molecule has 6 atom stereocenters. The quantitative estimate of drug-likeness (QED) is 0.124. The lowest BCUT2D eigenvalue weighted by Gasteiger charge is -2.37. The highest BCUT2D eigenvalue weighted by atomic mass is 35.5. The average molecular weight is 537 g/mol. The molecular formula is C27H21ClN2O8. The number of nitrogens with zero attached hydrogens (tertiary/aromatic N) is 2. The smallest absolute Gasteiger partial charge is 0.326 e. The van der Waals surface area contributed by atoms with Gasteiger partial charge in [-0.2, -0.15) is 0 Å². The number of nitro benzene ring substituents is 1. The minimum atomic E-state index is -0.838. The maximum absolute atomic E-state index is 13.0. The van der Waals surface area contributed by atoms with Crippen LogP contribution in [0.1, 0.15) is 16.8 Å². The van der Waals surface area contributed by atoms with Crippen LogP contribution in [0.25, 0.3) is 0 Å². The molecule has 0 spiro atoms. The van der Waals surface area contributed by atoms with E-state index in [0.717, 1.165) is 11.3 Å². The summed E-state index contributed by atoms with van der Waals surface area (Å²) in [6.07, 6.45) is 5.16. The number of carbonyl (C=O) groups is 4. The van der Waals surface area contributed by atoms with E-state index in [4.69, 9.17) is 21.1 Å². The van der Waals surface area contributed by atoms with Gasteiger partial charge in [-0.15, -0.1) is 0 Å². The lowest BCUT2D eigenvalue weighted by molar-refractivity contribution is -0.385. The molecule has 0 radical (unpaired) electrons. The minimum Gasteiger partial charge on any atom is -0.456 e. The van der Waals surface area contributed by atoms with Crippen molar-refractivity contribution >= 4 is 40.9 Å². The van der Waals surface area contributed by atoms with Crippen LogP contribution in [0.4, 0.5) is 5.69 Å². The van der Waals surface area contributed by atoms with Crippen LogP contribution < -0.4 is 4.74 Å². The number of benzene rings is 2. The van der Waals surface area contributed by atoms with Gasteiger partial charge in [0.1, 0.15) is 12.3 Å². The molecular weight excluding hydrogens is 516 g/mol. The van der Waals surface area contributed by atoms with Crippen LogP contribution in [0, 0.1) is 45.6 Å². The molecule has 0 N–H and O–H groups in total. The first-order valence-corrected chi connectivity index (χ1v) is 12.6. The summed E-state index contributed by atoms with van der Waals surface area (Å²) in [5, 5.41) is 11.3. The van der Waals surface area contributed by atoms with E-state index in [0.29, 0.717) is 11.8 Å². The van der Waals surface area contributed by atoms with Gasteiger partial charge in [-0.05, 0) is 60.4 Å². The van der Waals surface area contributed by atoms with Crippen molar-refractivity contribution in [3.63, 3.8) is 0 Å². The van der Waals surface area contributed by atoms with Gasteiger partial charge >= 0.3 is 11.7 Å². The number of halogens is 1. The Bertz CT molecular complexity index is 1380. The molecule has 1 heterocycles. The van der Waals surface area contributed by atoms with E-state index in [1.54, 1.807) is 0 Å². The molecule has 11 heteroatoms. The maximum atomic E-state index is 13.0. The number of hydrogen-bond donors (Lipinski definition) is 0. The molecule has 2 bridgehead atoms. The Morgan fingerprint density at radius 2 is 1.63 bits per heavy atom. The molecule has 0 unspecified atom stereocenters. The summed E-state index contributed by atoms with van der Waals surface area (Å²) >= 11 is 6.04. The Labute approximate surface area is 221 Å².